The summed E-state index contributed by atoms with van der Waals surface area (Å²) in [5.74, 6) is -0.129. The number of fused-ring (bicyclic) bond motifs is 1. The van der Waals surface area contributed by atoms with E-state index in [-0.39, 0.29) is 11.9 Å². The van der Waals surface area contributed by atoms with Crippen LogP contribution in [0.1, 0.15) is 29.9 Å². The van der Waals surface area contributed by atoms with Gasteiger partial charge in [-0.15, -0.1) is 11.3 Å². The molecule has 2 aromatic rings. The second-order valence-corrected chi connectivity index (χ2v) is 5.75. The summed E-state index contributed by atoms with van der Waals surface area (Å²) < 4.78 is 0.900. The van der Waals surface area contributed by atoms with E-state index < -0.39 is 0 Å². The van der Waals surface area contributed by atoms with E-state index >= 15 is 0 Å². The molecule has 0 saturated carbocycles. The highest BCUT2D eigenvalue weighted by atomic mass is 32.1. The summed E-state index contributed by atoms with van der Waals surface area (Å²) in [4.78, 5) is 19.0. The minimum atomic E-state index is -0.129. The molecule has 0 aromatic carbocycles. The highest BCUT2D eigenvalue weighted by Gasteiger charge is 2.24. The topological polar surface area (TPSA) is 83.0 Å². The van der Waals surface area contributed by atoms with Gasteiger partial charge in [-0.3, -0.25) is 9.78 Å². The molecule has 0 aliphatic carbocycles. The van der Waals surface area contributed by atoms with E-state index in [2.05, 4.69) is 11.1 Å². The molecule has 0 fully saturated rings. The lowest BCUT2D eigenvalue weighted by Crippen LogP contribution is -2.37. The number of nitriles is 1. The van der Waals surface area contributed by atoms with E-state index in [9.17, 15) is 4.79 Å². The van der Waals surface area contributed by atoms with Crippen LogP contribution in [0.5, 0.6) is 0 Å². The standard InChI is InChI=1S/C14H16N4OS/c1-9(2)18(8-4-6-15)14(19)13-11(16)12-10(20-13)5-3-7-17-12/h3,5,7,9H,4,8,16H2,1-2H3. The summed E-state index contributed by atoms with van der Waals surface area (Å²) in [5, 5.41) is 8.70. The van der Waals surface area contributed by atoms with Gasteiger partial charge in [0.1, 0.15) is 10.4 Å². The Balaban J connectivity index is 2.39. The molecule has 5 nitrogen and oxygen atoms in total. The summed E-state index contributed by atoms with van der Waals surface area (Å²) in [7, 11) is 0. The molecule has 0 atom stereocenters. The van der Waals surface area contributed by atoms with E-state index in [4.69, 9.17) is 11.0 Å². The minimum Gasteiger partial charge on any atom is -0.396 e. The number of carbonyl (C=O) groups excluding carboxylic acids is 1. The number of carbonyl (C=O) groups is 1. The van der Waals surface area contributed by atoms with Gasteiger partial charge >= 0.3 is 0 Å². The number of thiophene rings is 1. The average Bonchev–Trinajstić information content (AvgIpc) is 2.76. The van der Waals surface area contributed by atoms with Crippen LogP contribution in [0.2, 0.25) is 0 Å². The van der Waals surface area contributed by atoms with Gasteiger partial charge in [0.05, 0.1) is 22.9 Å². The van der Waals surface area contributed by atoms with Crippen LogP contribution < -0.4 is 5.73 Å². The zero-order valence-electron chi connectivity index (χ0n) is 11.5. The number of aromatic nitrogens is 1. The van der Waals surface area contributed by atoms with Crippen LogP contribution in [0.25, 0.3) is 10.2 Å². The van der Waals surface area contributed by atoms with Crippen LogP contribution in [0.4, 0.5) is 5.69 Å². The van der Waals surface area contributed by atoms with Gasteiger partial charge in [0, 0.05) is 18.8 Å². The van der Waals surface area contributed by atoms with E-state index in [1.54, 1.807) is 11.1 Å². The maximum atomic E-state index is 12.6. The van der Waals surface area contributed by atoms with Crippen molar-refractivity contribution in [3.05, 3.63) is 23.2 Å². The molecule has 104 valence electrons. The number of rotatable bonds is 4. The van der Waals surface area contributed by atoms with Crippen LogP contribution in [0.15, 0.2) is 18.3 Å². The number of nitrogens with zero attached hydrogens (tertiary/aromatic N) is 3. The number of anilines is 1. The van der Waals surface area contributed by atoms with Crippen molar-refractivity contribution < 1.29 is 4.79 Å². The molecule has 0 saturated heterocycles. The van der Waals surface area contributed by atoms with Gasteiger partial charge in [-0.25, -0.2) is 0 Å². The molecule has 0 bridgehead atoms. The summed E-state index contributed by atoms with van der Waals surface area (Å²) in [6, 6.07) is 5.81. The fourth-order valence-electron chi connectivity index (χ4n) is 2.00. The number of pyridine rings is 1. The Labute approximate surface area is 121 Å². The lowest BCUT2D eigenvalue weighted by molar-refractivity contribution is 0.0716. The molecule has 2 rings (SSSR count). The molecule has 0 spiro atoms. The van der Waals surface area contributed by atoms with Crippen LogP contribution in [-0.2, 0) is 0 Å². The molecule has 6 heteroatoms. The van der Waals surface area contributed by atoms with Crippen molar-refractivity contribution in [2.45, 2.75) is 26.3 Å². The Morgan fingerprint density at radius 1 is 1.60 bits per heavy atom. The Morgan fingerprint density at radius 2 is 2.35 bits per heavy atom. The van der Waals surface area contributed by atoms with Gasteiger partial charge in [0.25, 0.3) is 5.91 Å². The van der Waals surface area contributed by atoms with Crippen LogP contribution in [0.3, 0.4) is 0 Å². The first-order chi connectivity index (χ1) is 9.56. The molecule has 0 radical (unpaired) electrons. The third kappa shape index (κ3) is 2.58. The number of nitrogens with two attached hydrogens (primary N) is 1. The molecule has 0 aliphatic heterocycles. The van der Waals surface area contributed by atoms with Crippen molar-refractivity contribution in [2.75, 3.05) is 12.3 Å². The first-order valence-corrected chi connectivity index (χ1v) is 7.18. The third-order valence-corrected chi connectivity index (χ3v) is 4.17. The summed E-state index contributed by atoms with van der Waals surface area (Å²) >= 11 is 1.35. The first kappa shape index (κ1) is 14.3. The molecular weight excluding hydrogens is 272 g/mol. The molecule has 2 aromatic heterocycles. The zero-order valence-corrected chi connectivity index (χ0v) is 12.3. The second kappa shape index (κ2) is 5.88. The van der Waals surface area contributed by atoms with Crippen molar-refractivity contribution in [3.63, 3.8) is 0 Å². The van der Waals surface area contributed by atoms with Gasteiger partial charge in [-0.05, 0) is 26.0 Å². The van der Waals surface area contributed by atoms with Crippen LogP contribution in [0, 0.1) is 11.3 Å². The quantitative estimate of drug-likeness (QED) is 0.937. The predicted octanol–water partition coefficient (Wildman–Crippen LogP) is 2.64. The summed E-state index contributed by atoms with van der Waals surface area (Å²) in [5.41, 5.74) is 7.14. The molecule has 20 heavy (non-hydrogen) atoms. The van der Waals surface area contributed by atoms with E-state index in [0.29, 0.717) is 29.0 Å². The smallest absolute Gasteiger partial charge is 0.266 e. The van der Waals surface area contributed by atoms with Crippen LogP contribution in [-0.4, -0.2) is 28.4 Å². The van der Waals surface area contributed by atoms with Gasteiger partial charge in [0.15, 0.2) is 0 Å². The first-order valence-electron chi connectivity index (χ1n) is 6.37. The largest absolute Gasteiger partial charge is 0.396 e. The van der Waals surface area contributed by atoms with Crippen molar-refractivity contribution in [2.24, 2.45) is 0 Å². The van der Waals surface area contributed by atoms with E-state index in [1.807, 2.05) is 26.0 Å². The Bertz CT molecular complexity index is 671. The number of amides is 1. The molecule has 2 heterocycles. The van der Waals surface area contributed by atoms with Gasteiger partial charge < -0.3 is 10.6 Å². The average molecular weight is 288 g/mol. The molecule has 0 unspecified atom stereocenters. The maximum absolute atomic E-state index is 12.6. The Morgan fingerprint density at radius 3 is 2.95 bits per heavy atom. The SMILES string of the molecule is CC(C)N(CCC#N)C(=O)c1sc2cccnc2c1N. The van der Waals surface area contributed by atoms with Gasteiger partial charge in [-0.1, -0.05) is 0 Å². The molecular formula is C14H16N4OS. The lowest BCUT2D eigenvalue weighted by atomic mass is 10.2. The van der Waals surface area contributed by atoms with E-state index in [1.165, 1.54) is 11.3 Å². The van der Waals surface area contributed by atoms with Crippen molar-refractivity contribution in [1.82, 2.24) is 9.88 Å². The van der Waals surface area contributed by atoms with Gasteiger partial charge in [-0.2, -0.15) is 5.26 Å². The van der Waals surface area contributed by atoms with E-state index in [0.717, 1.165) is 4.70 Å². The van der Waals surface area contributed by atoms with Gasteiger partial charge in [0.2, 0.25) is 0 Å². The molecule has 0 aliphatic rings. The summed E-state index contributed by atoms with van der Waals surface area (Å²) in [6.45, 7) is 4.27. The number of nitrogen functional groups attached to an aromatic ring is 1. The highest BCUT2D eigenvalue weighted by Crippen LogP contribution is 2.33. The summed E-state index contributed by atoms with van der Waals surface area (Å²) in [6.07, 6.45) is 1.97. The fraction of sp³-hybridized carbons (Fsp3) is 0.357. The van der Waals surface area contributed by atoms with Crippen molar-refractivity contribution in [3.8, 4) is 6.07 Å². The number of hydrogen-bond acceptors (Lipinski definition) is 5. The maximum Gasteiger partial charge on any atom is 0.266 e. The highest BCUT2D eigenvalue weighted by molar-refractivity contribution is 7.21. The van der Waals surface area contributed by atoms with Crippen molar-refractivity contribution >= 4 is 33.1 Å². The number of hydrogen-bond donors (Lipinski definition) is 1. The Kier molecular flexibility index (Phi) is 4.20. The molecule has 2 N–H and O–H groups in total. The molecule has 1 amide bonds. The normalized spacial score (nSPS) is 10.7. The second-order valence-electron chi connectivity index (χ2n) is 4.70. The zero-order chi connectivity index (χ0) is 14.7. The minimum absolute atomic E-state index is 0.0217. The van der Waals surface area contributed by atoms with Crippen LogP contribution >= 0.6 is 11.3 Å². The van der Waals surface area contributed by atoms with Crippen molar-refractivity contribution in [1.29, 1.82) is 5.26 Å². The lowest BCUT2D eigenvalue weighted by Gasteiger charge is -2.25. The Hall–Kier alpha value is -2.13. The fourth-order valence-corrected chi connectivity index (χ4v) is 3.04. The predicted molar refractivity (Wildman–Crippen MR) is 80.4 cm³/mol. The third-order valence-electron chi connectivity index (χ3n) is 3.03. The monoisotopic (exact) mass is 288 g/mol.